The minimum Gasteiger partial charge on any atom is -0.197 e. The number of nitriles is 2. The lowest BCUT2D eigenvalue weighted by molar-refractivity contribution is 0.413. The second-order valence-corrected chi connectivity index (χ2v) is 5.22. The van der Waals surface area contributed by atoms with Gasteiger partial charge in [-0.2, -0.15) is 10.5 Å². The van der Waals surface area contributed by atoms with Crippen LogP contribution in [-0.2, 0) is 11.8 Å². The Labute approximate surface area is 102 Å². The zero-order valence-electron chi connectivity index (χ0n) is 10.5. The van der Waals surface area contributed by atoms with E-state index in [1.165, 1.54) is 22.3 Å². The summed E-state index contributed by atoms with van der Waals surface area (Å²) in [6.07, 6.45) is 1.89. The van der Waals surface area contributed by atoms with E-state index in [1.807, 2.05) is 0 Å². The van der Waals surface area contributed by atoms with Gasteiger partial charge in [-0.1, -0.05) is 24.6 Å². The highest BCUT2D eigenvalue weighted by molar-refractivity contribution is 5.48. The van der Waals surface area contributed by atoms with Gasteiger partial charge in [0, 0.05) is 5.41 Å². The summed E-state index contributed by atoms with van der Waals surface area (Å²) >= 11 is 0. The second kappa shape index (κ2) is 3.90. The topological polar surface area (TPSA) is 47.6 Å². The van der Waals surface area contributed by atoms with E-state index in [1.54, 1.807) is 0 Å². The van der Waals surface area contributed by atoms with Gasteiger partial charge in [-0.05, 0) is 43.4 Å². The number of nitrogens with zero attached hydrogens (tertiary/aromatic N) is 2. The third kappa shape index (κ3) is 1.61. The summed E-state index contributed by atoms with van der Waals surface area (Å²) < 4.78 is 0. The molecule has 0 N–H and O–H groups in total. The first kappa shape index (κ1) is 11.7. The van der Waals surface area contributed by atoms with Crippen molar-refractivity contribution in [3.8, 4) is 12.1 Å². The fourth-order valence-electron chi connectivity index (χ4n) is 2.97. The van der Waals surface area contributed by atoms with E-state index in [0.29, 0.717) is 0 Å². The molecule has 0 amide bonds. The standard InChI is InChI=1S/C15H16N2/c1-10-6-11(2)13-4-5-15(3,14(13)7-10)12(8-16)9-17/h6-7,12H,4-5H2,1-3H3. The summed E-state index contributed by atoms with van der Waals surface area (Å²) in [7, 11) is 0. The van der Waals surface area contributed by atoms with Crippen LogP contribution in [-0.4, -0.2) is 0 Å². The molecule has 0 spiro atoms. The molecular weight excluding hydrogens is 208 g/mol. The maximum absolute atomic E-state index is 9.14. The molecular formula is C15H16N2. The predicted molar refractivity (Wildman–Crippen MR) is 66.3 cm³/mol. The van der Waals surface area contributed by atoms with Gasteiger partial charge in [0.2, 0.25) is 0 Å². The highest BCUT2D eigenvalue weighted by Gasteiger charge is 2.42. The highest BCUT2D eigenvalue weighted by atomic mass is 14.5. The maximum Gasteiger partial charge on any atom is 0.142 e. The van der Waals surface area contributed by atoms with Gasteiger partial charge in [0.05, 0.1) is 12.1 Å². The molecule has 1 aromatic rings. The number of rotatable bonds is 1. The Morgan fingerprint density at radius 3 is 2.47 bits per heavy atom. The van der Waals surface area contributed by atoms with Gasteiger partial charge in [-0.15, -0.1) is 0 Å². The van der Waals surface area contributed by atoms with E-state index in [-0.39, 0.29) is 5.41 Å². The molecule has 0 saturated heterocycles. The molecule has 1 aliphatic rings. The first-order valence-electron chi connectivity index (χ1n) is 5.93. The quantitative estimate of drug-likeness (QED) is 0.735. The van der Waals surface area contributed by atoms with Crippen molar-refractivity contribution in [3.05, 3.63) is 34.4 Å². The summed E-state index contributed by atoms with van der Waals surface area (Å²) in [6.45, 7) is 6.24. The molecule has 1 atom stereocenters. The Morgan fingerprint density at radius 2 is 1.88 bits per heavy atom. The smallest absolute Gasteiger partial charge is 0.142 e. The van der Waals surface area contributed by atoms with Crippen LogP contribution < -0.4 is 0 Å². The molecule has 2 rings (SSSR count). The van der Waals surface area contributed by atoms with Crippen molar-refractivity contribution in [3.63, 3.8) is 0 Å². The Kier molecular flexibility index (Phi) is 2.68. The number of hydrogen-bond acceptors (Lipinski definition) is 2. The molecule has 0 fully saturated rings. The van der Waals surface area contributed by atoms with Crippen molar-refractivity contribution in [1.82, 2.24) is 0 Å². The number of fused-ring (bicyclic) bond motifs is 1. The van der Waals surface area contributed by atoms with Crippen molar-refractivity contribution >= 4 is 0 Å². The van der Waals surface area contributed by atoms with Crippen LogP contribution in [0.25, 0.3) is 0 Å². The summed E-state index contributed by atoms with van der Waals surface area (Å²) in [4.78, 5) is 0. The minimum absolute atomic E-state index is 0.296. The molecule has 1 aliphatic carbocycles. The van der Waals surface area contributed by atoms with Crippen LogP contribution in [0.5, 0.6) is 0 Å². The maximum atomic E-state index is 9.14. The lowest BCUT2D eigenvalue weighted by Crippen LogP contribution is -2.27. The molecule has 1 aromatic carbocycles. The molecule has 0 bridgehead atoms. The predicted octanol–water partition coefficient (Wildman–Crippen LogP) is 3.17. The van der Waals surface area contributed by atoms with Gasteiger partial charge in [0.1, 0.15) is 5.92 Å². The first-order valence-corrected chi connectivity index (χ1v) is 5.93. The average molecular weight is 224 g/mol. The van der Waals surface area contributed by atoms with Crippen molar-refractivity contribution in [2.75, 3.05) is 0 Å². The third-order valence-electron chi connectivity index (χ3n) is 4.02. The van der Waals surface area contributed by atoms with Crippen LogP contribution in [0.4, 0.5) is 0 Å². The van der Waals surface area contributed by atoms with E-state index >= 15 is 0 Å². The van der Waals surface area contributed by atoms with Crippen LogP contribution in [0.2, 0.25) is 0 Å². The molecule has 0 heterocycles. The van der Waals surface area contributed by atoms with E-state index in [9.17, 15) is 0 Å². The van der Waals surface area contributed by atoms with Crippen LogP contribution in [0.15, 0.2) is 12.1 Å². The zero-order valence-corrected chi connectivity index (χ0v) is 10.5. The Morgan fingerprint density at radius 1 is 1.24 bits per heavy atom. The van der Waals surface area contributed by atoms with Gasteiger partial charge >= 0.3 is 0 Å². The van der Waals surface area contributed by atoms with E-state index in [2.05, 4.69) is 45.0 Å². The van der Waals surface area contributed by atoms with Crippen molar-refractivity contribution in [2.24, 2.45) is 5.92 Å². The molecule has 2 nitrogen and oxygen atoms in total. The van der Waals surface area contributed by atoms with Crippen LogP contribution in [0.1, 0.15) is 35.6 Å². The van der Waals surface area contributed by atoms with Gasteiger partial charge in [-0.25, -0.2) is 0 Å². The normalized spacial score (nSPS) is 22.0. The molecule has 2 heteroatoms. The lowest BCUT2D eigenvalue weighted by Gasteiger charge is -2.26. The Balaban J connectivity index is 2.62. The summed E-state index contributed by atoms with van der Waals surface area (Å²) in [6, 6.07) is 8.63. The lowest BCUT2D eigenvalue weighted by atomic mass is 9.73. The SMILES string of the molecule is Cc1cc(C)c2c(c1)C(C)(C(C#N)C#N)CC2. The van der Waals surface area contributed by atoms with Crippen molar-refractivity contribution < 1.29 is 0 Å². The van der Waals surface area contributed by atoms with Gasteiger partial charge < -0.3 is 0 Å². The van der Waals surface area contributed by atoms with Gasteiger partial charge in [0.15, 0.2) is 0 Å². The Hall–Kier alpha value is -1.80. The minimum atomic E-state index is -0.551. The third-order valence-corrected chi connectivity index (χ3v) is 4.02. The first-order chi connectivity index (χ1) is 8.02. The summed E-state index contributed by atoms with van der Waals surface area (Å²) in [5, 5.41) is 18.3. The fraction of sp³-hybridized carbons (Fsp3) is 0.467. The molecule has 17 heavy (non-hydrogen) atoms. The zero-order chi connectivity index (χ0) is 12.6. The highest BCUT2D eigenvalue weighted by Crippen LogP contribution is 2.45. The molecule has 1 unspecified atom stereocenters. The second-order valence-electron chi connectivity index (χ2n) is 5.22. The number of benzene rings is 1. The van der Waals surface area contributed by atoms with Crippen LogP contribution >= 0.6 is 0 Å². The fourth-order valence-corrected chi connectivity index (χ4v) is 2.97. The van der Waals surface area contributed by atoms with E-state index < -0.39 is 5.92 Å². The monoisotopic (exact) mass is 224 g/mol. The summed E-state index contributed by atoms with van der Waals surface area (Å²) in [5.74, 6) is -0.551. The van der Waals surface area contributed by atoms with Crippen molar-refractivity contribution in [1.29, 1.82) is 10.5 Å². The average Bonchev–Trinajstić information content (AvgIpc) is 2.59. The molecule has 0 saturated carbocycles. The van der Waals surface area contributed by atoms with Crippen LogP contribution in [0.3, 0.4) is 0 Å². The van der Waals surface area contributed by atoms with Crippen LogP contribution in [0, 0.1) is 42.4 Å². The van der Waals surface area contributed by atoms with Gasteiger partial charge in [0.25, 0.3) is 0 Å². The Bertz CT molecular complexity index is 531. The molecule has 86 valence electrons. The van der Waals surface area contributed by atoms with Crippen molar-refractivity contribution in [2.45, 2.75) is 39.0 Å². The number of aryl methyl sites for hydroxylation is 2. The summed E-state index contributed by atoms with van der Waals surface area (Å²) in [5.41, 5.74) is 4.76. The molecule has 0 radical (unpaired) electrons. The van der Waals surface area contributed by atoms with E-state index in [0.717, 1.165) is 12.8 Å². The van der Waals surface area contributed by atoms with Gasteiger partial charge in [-0.3, -0.25) is 0 Å². The van der Waals surface area contributed by atoms with E-state index in [4.69, 9.17) is 10.5 Å². The molecule has 0 aromatic heterocycles. The number of hydrogen-bond donors (Lipinski definition) is 0. The largest absolute Gasteiger partial charge is 0.197 e. The molecule has 0 aliphatic heterocycles.